The van der Waals surface area contributed by atoms with Crippen molar-refractivity contribution in [2.24, 2.45) is 0 Å². The van der Waals surface area contributed by atoms with Gasteiger partial charge in [-0.3, -0.25) is 9.59 Å². The first-order valence-corrected chi connectivity index (χ1v) is 12.1. The third-order valence-electron chi connectivity index (χ3n) is 6.21. The fourth-order valence-electron chi connectivity index (χ4n) is 4.50. The molecule has 1 amide bonds. The molecule has 0 aliphatic carbocycles. The van der Waals surface area contributed by atoms with Crippen LogP contribution in [0.3, 0.4) is 0 Å². The predicted molar refractivity (Wildman–Crippen MR) is 141 cm³/mol. The number of aliphatic hydroxyl groups excluding tert-OH is 1. The van der Waals surface area contributed by atoms with Gasteiger partial charge >= 0.3 is 0 Å². The van der Waals surface area contributed by atoms with Crippen LogP contribution in [-0.2, 0) is 16.1 Å². The number of aryl methyl sites for hydroxylation is 1. The Hall–Kier alpha value is -4.26. The summed E-state index contributed by atoms with van der Waals surface area (Å²) in [4.78, 5) is 28.3. The first-order chi connectivity index (χ1) is 17.7. The number of hydrogen-bond acceptors (Lipinski definition) is 6. The Kier molecular flexibility index (Phi) is 7.53. The zero-order valence-electron chi connectivity index (χ0n) is 21.6. The maximum Gasteiger partial charge on any atom is 0.295 e. The molecular formula is C30H31NO6. The highest BCUT2D eigenvalue weighted by molar-refractivity contribution is 6.46. The average Bonchev–Trinajstić information content (AvgIpc) is 3.14. The molecule has 1 saturated heterocycles. The highest BCUT2D eigenvalue weighted by atomic mass is 16.5. The zero-order chi connectivity index (χ0) is 26.7. The van der Waals surface area contributed by atoms with E-state index in [1.807, 2.05) is 57.2 Å². The van der Waals surface area contributed by atoms with Crippen LogP contribution in [0.5, 0.6) is 17.2 Å². The van der Waals surface area contributed by atoms with E-state index in [0.29, 0.717) is 22.6 Å². The van der Waals surface area contributed by atoms with Crippen LogP contribution in [-0.4, -0.2) is 42.0 Å². The largest absolute Gasteiger partial charge is 0.507 e. The van der Waals surface area contributed by atoms with Gasteiger partial charge in [0.25, 0.3) is 11.7 Å². The van der Waals surface area contributed by atoms with Gasteiger partial charge in [0, 0.05) is 6.54 Å². The Bertz CT molecular complexity index is 1340. The Labute approximate surface area is 216 Å². The van der Waals surface area contributed by atoms with Crippen molar-refractivity contribution in [1.82, 2.24) is 4.90 Å². The van der Waals surface area contributed by atoms with Crippen molar-refractivity contribution in [3.8, 4) is 17.2 Å². The molecule has 0 radical (unpaired) electrons. The summed E-state index contributed by atoms with van der Waals surface area (Å²) in [5.74, 6) is -0.0328. The lowest BCUT2D eigenvalue weighted by molar-refractivity contribution is -0.140. The Morgan fingerprint density at radius 2 is 1.68 bits per heavy atom. The summed E-state index contributed by atoms with van der Waals surface area (Å²) >= 11 is 0. The molecule has 0 aromatic heterocycles. The van der Waals surface area contributed by atoms with Crippen LogP contribution in [0.15, 0.2) is 72.3 Å². The molecule has 1 aliphatic heterocycles. The Balaban J connectivity index is 1.84. The first kappa shape index (κ1) is 25.8. The van der Waals surface area contributed by atoms with Gasteiger partial charge in [-0.15, -0.1) is 0 Å². The number of ketones is 1. The molecule has 37 heavy (non-hydrogen) atoms. The molecular weight excluding hydrogens is 470 g/mol. The normalized spacial score (nSPS) is 16.8. The van der Waals surface area contributed by atoms with Gasteiger partial charge in [-0.25, -0.2) is 0 Å². The summed E-state index contributed by atoms with van der Waals surface area (Å²) in [5, 5.41) is 11.5. The zero-order valence-corrected chi connectivity index (χ0v) is 21.6. The van der Waals surface area contributed by atoms with E-state index in [1.54, 1.807) is 37.4 Å². The van der Waals surface area contributed by atoms with E-state index in [2.05, 4.69) is 0 Å². The van der Waals surface area contributed by atoms with Crippen molar-refractivity contribution in [3.63, 3.8) is 0 Å². The molecule has 0 spiro atoms. The number of carbonyl (C=O) groups is 2. The molecule has 4 rings (SSSR count). The van der Waals surface area contributed by atoms with Crippen LogP contribution in [0.1, 0.15) is 42.1 Å². The summed E-state index contributed by atoms with van der Waals surface area (Å²) in [5.41, 5.74) is 2.69. The maximum absolute atomic E-state index is 13.4. The molecule has 1 fully saturated rings. The number of carbonyl (C=O) groups excluding carboxylic acids is 2. The molecule has 7 nitrogen and oxygen atoms in total. The van der Waals surface area contributed by atoms with Crippen LogP contribution in [0.25, 0.3) is 5.76 Å². The second kappa shape index (κ2) is 10.8. The highest BCUT2D eigenvalue weighted by Gasteiger charge is 2.46. The standard InChI is InChI=1S/C30H31NO6/c1-18(2)37-22-12-10-20(11-13-22)17-31-27(21-7-6-8-23(16-21)35-4)26(29(33)30(31)34)28(32)24-15-19(3)9-14-25(24)36-5/h6-16,18,27,32H,17H2,1-5H3/b28-26+. The van der Waals surface area contributed by atoms with Gasteiger partial charge < -0.3 is 24.2 Å². The lowest BCUT2D eigenvalue weighted by Gasteiger charge is -2.26. The van der Waals surface area contributed by atoms with Crippen LogP contribution in [0.2, 0.25) is 0 Å². The van der Waals surface area contributed by atoms with Gasteiger partial charge in [-0.05, 0) is 68.3 Å². The third kappa shape index (κ3) is 5.31. The van der Waals surface area contributed by atoms with E-state index < -0.39 is 17.7 Å². The van der Waals surface area contributed by atoms with Gasteiger partial charge in [0.05, 0.1) is 37.5 Å². The molecule has 192 valence electrons. The van der Waals surface area contributed by atoms with E-state index in [4.69, 9.17) is 14.2 Å². The molecule has 1 N–H and O–H groups in total. The Morgan fingerprint density at radius 3 is 2.32 bits per heavy atom. The van der Waals surface area contributed by atoms with Crippen molar-refractivity contribution in [3.05, 3.63) is 94.6 Å². The van der Waals surface area contributed by atoms with Crippen molar-refractivity contribution >= 4 is 17.4 Å². The lowest BCUT2D eigenvalue weighted by Crippen LogP contribution is -2.29. The van der Waals surface area contributed by atoms with Crippen molar-refractivity contribution in [2.75, 3.05) is 14.2 Å². The smallest absolute Gasteiger partial charge is 0.295 e. The van der Waals surface area contributed by atoms with E-state index in [-0.39, 0.29) is 24.0 Å². The quantitative estimate of drug-likeness (QED) is 0.252. The van der Waals surface area contributed by atoms with Crippen molar-refractivity contribution in [2.45, 2.75) is 39.5 Å². The van der Waals surface area contributed by atoms with Gasteiger partial charge in [-0.2, -0.15) is 0 Å². The van der Waals surface area contributed by atoms with Gasteiger partial charge in [-0.1, -0.05) is 35.9 Å². The minimum Gasteiger partial charge on any atom is -0.507 e. The number of hydrogen-bond donors (Lipinski definition) is 1. The number of Topliss-reactive ketones (excluding diaryl/α,β-unsaturated/α-hetero) is 1. The van der Waals surface area contributed by atoms with Crippen molar-refractivity contribution in [1.29, 1.82) is 0 Å². The minimum atomic E-state index is -0.827. The lowest BCUT2D eigenvalue weighted by atomic mass is 9.94. The third-order valence-corrected chi connectivity index (χ3v) is 6.21. The number of amides is 1. The second-order valence-electron chi connectivity index (χ2n) is 9.22. The number of aliphatic hydroxyl groups is 1. The molecule has 0 bridgehead atoms. The Morgan fingerprint density at radius 1 is 0.946 bits per heavy atom. The summed E-state index contributed by atoms with van der Waals surface area (Å²) in [6.45, 7) is 5.94. The number of methoxy groups -OCH3 is 2. The molecule has 1 aliphatic rings. The molecule has 7 heteroatoms. The number of benzene rings is 3. The molecule has 3 aromatic carbocycles. The first-order valence-electron chi connectivity index (χ1n) is 12.1. The molecule has 3 aromatic rings. The van der Waals surface area contributed by atoms with E-state index in [1.165, 1.54) is 12.0 Å². The highest BCUT2D eigenvalue weighted by Crippen LogP contribution is 2.42. The average molecular weight is 502 g/mol. The minimum absolute atomic E-state index is 0.00177. The SMILES string of the molecule is COc1cccc(C2/C(=C(\O)c3cc(C)ccc3OC)C(=O)C(=O)N2Cc2ccc(OC(C)C)cc2)c1. The number of likely N-dealkylation sites (tertiary alicyclic amines) is 1. The van der Waals surface area contributed by atoms with E-state index >= 15 is 0 Å². The van der Waals surface area contributed by atoms with Gasteiger partial charge in [0.2, 0.25) is 0 Å². The predicted octanol–water partition coefficient (Wildman–Crippen LogP) is 5.42. The fraction of sp³-hybridized carbons (Fsp3) is 0.267. The van der Waals surface area contributed by atoms with E-state index in [9.17, 15) is 14.7 Å². The molecule has 1 heterocycles. The van der Waals surface area contributed by atoms with Gasteiger partial charge in [0.15, 0.2) is 0 Å². The summed E-state index contributed by atoms with van der Waals surface area (Å²) < 4.78 is 16.6. The summed E-state index contributed by atoms with van der Waals surface area (Å²) in [7, 11) is 3.04. The van der Waals surface area contributed by atoms with Crippen molar-refractivity contribution < 1.29 is 28.9 Å². The number of nitrogens with zero attached hydrogens (tertiary/aromatic N) is 1. The number of rotatable bonds is 8. The summed E-state index contributed by atoms with van der Waals surface area (Å²) in [6, 6.07) is 19.0. The number of ether oxygens (including phenoxy) is 3. The van der Waals surface area contributed by atoms with Gasteiger partial charge in [0.1, 0.15) is 23.0 Å². The van der Waals surface area contributed by atoms with Crippen LogP contribution in [0.4, 0.5) is 0 Å². The monoisotopic (exact) mass is 501 g/mol. The molecule has 1 unspecified atom stereocenters. The van der Waals surface area contributed by atoms with Crippen LogP contribution >= 0.6 is 0 Å². The summed E-state index contributed by atoms with van der Waals surface area (Å²) in [6.07, 6.45) is 0.0374. The molecule has 0 saturated carbocycles. The van der Waals surface area contributed by atoms with E-state index in [0.717, 1.165) is 16.9 Å². The maximum atomic E-state index is 13.4. The second-order valence-corrected chi connectivity index (χ2v) is 9.22. The van der Waals surface area contributed by atoms with Crippen LogP contribution < -0.4 is 14.2 Å². The topological polar surface area (TPSA) is 85.3 Å². The molecule has 1 atom stereocenters. The van der Waals surface area contributed by atoms with Crippen LogP contribution in [0, 0.1) is 6.92 Å². The fourth-order valence-corrected chi connectivity index (χ4v) is 4.50.